The fraction of sp³-hybridized carbons (Fsp3) is 0.941. The number of hydrogen-bond acceptors (Lipinski definition) is 2. The third-order valence-electron chi connectivity index (χ3n) is 3.32. The van der Waals surface area contributed by atoms with Gasteiger partial charge in [-0.15, -0.1) is 0 Å². The zero-order valence-electron chi connectivity index (χ0n) is 13.6. The summed E-state index contributed by atoms with van der Waals surface area (Å²) in [6, 6.07) is 0. The highest BCUT2D eigenvalue weighted by Crippen LogP contribution is 2.21. The highest BCUT2D eigenvalue weighted by molar-refractivity contribution is 5.69. The maximum absolute atomic E-state index is 11.4. The number of esters is 1. The van der Waals surface area contributed by atoms with Gasteiger partial charge < -0.3 is 4.74 Å². The highest BCUT2D eigenvalue weighted by atomic mass is 16.5. The number of carbonyl (C=O) groups excluding carboxylic acids is 1. The van der Waals surface area contributed by atoms with Gasteiger partial charge in [-0.25, -0.2) is 0 Å². The van der Waals surface area contributed by atoms with Crippen LogP contribution in [0.25, 0.3) is 0 Å². The second-order valence-corrected chi connectivity index (χ2v) is 6.76. The molecule has 0 bridgehead atoms. The first-order valence-electron chi connectivity index (χ1n) is 8.11. The number of rotatable bonds is 11. The predicted octanol–water partition coefficient (Wildman–Crippen LogP) is 5.50. The normalized spacial score (nSPS) is 11.6. The minimum Gasteiger partial charge on any atom is -0.466 e. The molecule has 0 rings (SSSR count). The molecule has 0 aliphatic heterocycles. The molecule has 0 radical (unpaired) electrons. The minimum absolute atomic E-state index is 0.00711. The average Bonchev–Trinajstić information content (AvgIpc) is 2.32. The molecular weight excluding hydrogens is 236 g/mol. The monoisotopic (exact) mass is 270 g/mol. The lowest BCUT2D eigenvalue weighted by Gasteiger charge is -2.17. The van der Waals surface area contributed by atoms with E-state index in [9.17, 15) is 4.79 Å². The second kappa shape index (κ2) is 11.3. The van der Waals surface area contributed by atoms with Gasteiger partial charge in [-0.2, -0.15) is 0 Å². The Labute approximate surface area is 120 Å². The van der Waals surface area contributed by atoms with E-state index in [0.717, 1.165) is 19.3 Å². The van der Waals surface area contributed by atoms with Crippen molar-refractivity contribution in [2.24, 2.45) is 5.41 Å². The lowest BCUT2D eigenvalue weighted by Crippen LogP contribution is -2.07. The summed E-state index contributed by atoms with van der Waals surface area (Å²) in [6.45, 7) is 9.62. The lowest BCUT2D eigenvalue weighted by atomic mass is 9.89. The van der Waals surface area contributed by atoms with Gasteiger partial charge in [0.2, 0.25) is 0 Å². The Morgan fingerprint density at radius 3 is 2.16 bits per heavy atom. The zero-order chi connectivity index (χ0) is 14.6. The van der Waals surface area contributed by atoms with Crippen LogP contribution in [0.1, 0.15) is 91.9 Å². The van der Waals surface area contributed by atoms with Crippen LogP contribution in [0.3, 0.4) is 0 Å². The third kappa shape index (κ3) is 15.4. The van der Waals surface area contributed by atoms with Crippen LogP contribution in [-0.2, 0) is 9.53 Å². The predicted molar refractivity (Wildman–Crippen MR) is 82.3 cm³/mol. The van der Waals surface area contributed by atoms with E-state index in [2.05, 4.69) is 27.7 Å². The van der Waals surface area contributed by atoms with Gasteiger partial charge in [0.05, 0.1) is 6.61 Å². The van der Waals surface area contributed by atoms with E-state index in [1.165, 1.54) is 38.5 Å². The summed E-state index contributed by atoms with van der Waals surface area (Å²) < 4.78 is 5.24. The van der Waals surface area contributed by atoms with Crippen LogP contribution >= 0.6 is 0 Å². The van der Waals surface area contributed by atoms with E-state index in [0.29, 0.717) is 18.4 Å². The Balaban J connectivity index is 3.25. The highest BCUT2D eigenvalue weighted by Gasteiger charge is 2.09. The molecule has 0 aromatic heterocycles. The van der Waals surface area contributed by atoms with Gasteiger partial charge in [0.1, 0.15) is 0 Å². The van der Waals surface area contributed by atoms with Gasteiger partial charge in [0.15, 0.2) is 0 Å². The smallest absolute Gasteiger partial charge is 0.305 e. The maximum Gasteiger partial charge on any atom is 0.305 e. The largest absolute Gasteiger partial charge is 0.466 e. The average molecular weight is 270 g/mol. The topological polar surface area (TPSA) is 26.3 Å². The first kappa shape index (κ1) is 18.5. The van der Waals surface area contributed by atoms with E-state index in [-0.39, 0.29) is 5.97 Å². The van der Waals surface area contributed by atoms with Gasteiger partial charge in [-0.3, -0.25) is 4.79 Å². The van der Waals surface area contributed by atoms with E-state index in [1.807, 2.05) is 0 Å². The standard InChI is InChI=1S/C17H34O2/c1-5-6-7-8-10-13-16(18)19-15-12-9-11-14-17(2,3)4/h5-15H2,1-4H3. The molecule has 0 aromatic rings. The summed E-state index contributed by atoms with van der Waals surface area (Å²) in [5, 5.41) is 0. The Morgan fingerprint density at radius 2 is 1.53 bits per heavy atom. The van der Waals surface area contributed by atoms with E-state index in [1.54, 1.807) is 0 Å². The summed E-state index contributed by atoms with van der Waals surface area (Å²) in [7, 11) is 0. The molecule has 114 valence electrons. The fourth-order valence-electron chi connectivity index (χ4n) is 2.07. The van der Waals surface area contributed by atoms with Crippen molar-refractivity contribution in [3.05, 3.63) is 0 Å². The van der Waals surface area contributed by atoms with Crippen molar-refractivity contribution in [3.63, 3.8) is 0 Å². The molecule has 0 aliphatic rings. The molecule has 2 heteroatoms. The molecule has 2 nitrogen and oxygen atoms in total. The molecule has 0 atom stereocenters. The van der Waals surface area contributed by atoms with Crippen LogP contribution in [0.15, 0.2) is 0 Å². The fourth-order valence-corrected chi connectivity index (χ4v) is 2.07. The molecule has 0 fully saturated rings. The molecule has 0 amide bonds. The Bertz CT molecular complexity index is 216. The summed E-state index contributed by atoms with van der Waals surface area (Å²) in [5.41, 5.74) is 0.426. The maximum atomic E-state index is 11.4. The van der Waals surface area contributed by atoms with Crippen LogP contribution in [-0.4, -0.2) is 12.6 Å². The van der Waals surface area contributed by atoms with Crippen molar-refractivity contribution in [2.45, 2.75) is 91.9 Å². The lowest BCUT2D eigenvalue weighted by molar-refractivity contribution is -0.143. The molecular formula is C17H34O2. The molecule has 0 saturated heterocycles. The van der Waals surface area contributed by atoms with Crippen LogP contribution in [0, 0.1) is 5.41 Å². The number of hydrogen-bond donors (Lipinski definition) is 0. The summed E-state index contributed by atoms with van der Waals surface area (Å²) in [4.78, 5) is 11.4. The molecule has 0 aliphatic carbocycles. The van der Waals surface area contributed by atoms with Crippen molar-refractivity contribution < 1.29 is 9.53 Å². The quantitative estimate of drug-likeness (QED) is 0.366. The van der Waals surface area contributed by atoms with Crippen molar-refractivity contribution in [3.8, 4) is 0 Å². The van der Waals surface area contributed by atoms with Crippen LogP contribution in [0.2, 0.25) is 0 Å². The SMILES string of the molecule is CCCCCCCC(=O)OCCCCCC(C)(C)C. The molecule has 0 heterocycles. The Kier molecular flexibility index (Phi) is 11.0. The summed E-state index contributed by atoms with van der Waals surface area (Å²) in [5.74, 6) is -0.00711. The van der Waals surface area contributed by atoms with Crippen LogP contribution in [0.5, 0.6) is 0 Å². The Morgan fingerprint density at radius 1 is 0.895 bits per heavy atom. The van der Waals surface area contributed by atoms with Crippen molar-refractivity contribution >= 4 is 5.97 Å². The second-order valence-electron chi connectivity index (χ2n) is 6.76. The number of ether oxygens (including phenoxy) is 1. The van der Waals surface area contributed by atoms with Crippen LogP contribution < -0.4 is 0 Å². The van der Waals surface area contributed by atoms with E-state index >= 15 is 0 Å². The van der Waals surface area contributed by atoms with Crippen molar-refractivity contribution in [2.75, 3.05) is 6.61 Å². The van der Waals surface area contributed by atoms with Crippen molar-refractivity contribution in [1.82, 2.24) is 0 Å². The molecule has 0 saturated carbocycles. The van der Waals surface area contributed by atoms with Gasteiger partial charge in [0.25, 0.3) is 0 Å². The van der Waals surface area contributed by atoms with Gasteiger partial charge in [0, 0.05) is 6.42 Å². The molecule has 19 heavy (non-hydrogen) atoms. The first-order valence-corrected chi connectivity index (χ1v) is 8.11. The number of unbranched alkanes of at least 4 members (excludes halogenated alkanes) is 6. The van der Waals surface area contributed by atoms with E-state index in [4.69, 9.17) is 4.74 Å². The Hall–Kier alpha value is -0.530. The third-order valence-corrected chi connectivity index (χ3v) is 3.32. The summed E-state index contributed by atoms with van der Waals surface area (Å²) >= 11 is 0. The van der Waals surface area contributed by atoms with Crippen molar-refractivity contribution in [1.29, 1.82) is 0 Å². The first-order chi connectivity index (χ1) is 8.95. The molecule has 0 spiro atoms. The zero-order valence-corrected chi connectivity index (χ0v) is 13.6. The minimum atomic E-state index is -0.00711. The molecule has 0 N–H and O–H groups in total. The summed E-state index contributed by atoms with van der Waals surface area (Å²) in [6.07, 6.45) is 11.2. The van der Waals surface area contributed by atoms with Gasteiger partial charge >= 0.3 is 5.97 Å². The van der Waals surface area contributed by atoms with Gasteiger partial charge in [-0.1, -0.05) is 66.2 Å². The van der Waals surface area contributed by atoms with Crippen LogP contribution in [0.4, 0.5) is 0 Å². The van der Waals surface area contributed by atoms with E-state index < -0.39 is 0 Å². The number of carbonyl (C=O) groups is 1. The van der Waals surface area contributed by atoms with Gasteiger partial charge in [-0.05, 0) is 24.7 Å². The molecule has 0 unspecified atom stereocenters. The molecule has 0 aromatic carbocycles.